The number of rotatable bonds is 6. The van der Waals surface area contributed by atoms with Gasteiger partial charge in [-0.3, -0.25) is 4.79 Å². The number of hydrogen-bond acceptors (Lipinski definition) is 2. The van der Waals surface area contributed by atoms with Gasteiger partial charge >= 0.3 is 0 Å². The second kappa shape index (κ2) is 7.12. The van der Waals surface area contributed by atoms with Crippen LogP contribution in [0.25, 0.3) is 0 Å². The van der Waals surface area contributed by atoms with E-state index in [2.05, 4.69) is 34.6 Å². The van der Waals surface area contributed by atoms with Crippen LogP contribution in [0, 0.1) is 0 Å². The van der Waals surface area contributed by atoms with Crippen LogP contribution in [0.3, 0.4) is 0 Å². The molecule has 0 radical (unpaired) electrons. The van der Waals surface area contributed by atoms with Crippen LogP contribution >= 0.6 is 0 Å². The lowest BCUT2D eigenvalue weighted by Gasteiger charge is -2.17. The van der Waals surface area contributed by atoms with E-state index in [1.807, 2.05) is 48.5 Å². The summed E-state index contributed by atoms with van der Waals surface area (Å²) < 4.78 is 0. The molecular formula is C23H22N2O. The minimum atomic E-state index is -0.379. The van der Waals surface area contributed by atoms with E-state index in [0.29, 0.717) is 5.82 Å². The van der Waals surface area contributed by atoms with E-state index in [1.54, 1.807) is 6.20 Å². The smallest absolute Gasteiger partial charge is 0.236 e. The molecule has 0 atom stereocenters. The number of aromatic nitrogens is 1. The van der Waals surface area contributed by atoms with Crippen molar-refractivity contribution in [1.82, 2.24) is 4.98 Å². The maximum Gasteiger partial charge on any atom is 0.236 e. The summed E-state index contributed by atoms with van der Waals surface area (Å²) >= 11 is 0. The molecule has 1 aliphatic carbocycles. The van der Waals surface area contributed by atoms with Crippen LogP contribution in [0.4, 0.5) is 5.82 Å². The fraction of sp³-hybridized carbons (Fsp3) is 0.217. The van der Waals surface area contributed by atoms with E-state index >= 15 is 0 Å². The number of carbonyl (C=O) groups excluding carboxylic acids is 1. The molecule has 1 aliphatic rings. The molecule has 1 aromatic heterocycles. The summed E-state index contributed by atoms with van der Waals surface area (Å²) in [5.74, 6) is 0.749. The topological polar surface area (TPSA) is 42.0 Å². The zero-order valence-corrected chi connectivity index (χ0v) is 14.7. The summed E-state index contributed by atoms with van der Waals surface area (Å²) in [6.07, 6.45) is 5.32. The average Bonchev–Trinajstić information content (AvgIpc) is 3.51. The lowest BCUT2D eigenvalue weighted by Crippen LogP contribution is -2.28. The first kappa shape index (κ1) is 16.5. The number of nitrogens with one attached hydrogen (secondary N) is 1. The maximum absolute atomic E-state index is 13.0. The third-order valence-corrected chi connectivity index (χ3v) is 5.16. The molecule has 0 spiro atoms. The monoisotopic (exact) mass is 342 g/mol. The van der Waals surface area contributed by atoms with E-state index in [-0.39, 0.29) is 11.3 Å². The SMILES string of the molecule is O=C(Nc1ncccc1CCc1ccccc1)C1(c2ccccc2)CC1. The molecule has 3 aromatic rings. The first-order chi connectivity index (χ1) is 12.8. The largest absolute Gasteiger partial charge is 0.310 e. The molecule has 130 valence electrons. The van der Waals surface area contributed by atoms with E-state index in [9.17, 15) is 4.79 Å². The second-order valence-electron chi connectivity index (χ2n) is 6.90. The molecule has 0 bridgehead atoms. The highest BCUT2D eigenvalue weighted by Crippen LogP contribution is 2.48. The van der Waals surface area contributed by atoms with Gasteiger partial charge in [-0.2, -0.15) is 0 Å². The van der Waals surface area contributed by atoms with Gasteiger partial charge in [0, 0.05) is 6.20 Å². The number of amides is 1. The Bertz CT molecular complexity index is 886. The number of pyridine rings is 1. The number of anilines is 1. The highest BCUT2D eigenvalue weighted by molar-refractivity contribution is 6.01. The summed E-state index contributed by atoms with van der Waals surface area (Å²) in [5.41, 5.74) is 3.08. The lowest BCUT2D eigenvalue weighted by atomic mass is 9.95. The molecule has 2 aromatic carbocycles. The van der Waals surface area contributed by atoms with Crippen LogP contribution in [-0.2, 0) is 23.1 Å². The van der Waals surface area contributed by atoms with Crippen molar-refractivity contribution < 1.29 is 4.79 Å². The van der Waals surface area contributed by atoms with Crippen molar-refractivity contribution >= 4 is 11.7 Å². The molecule has 0 aliphatic heterocycles. The van der Waals surface area contributed by atoms with Crippen LogP contribution in [0.15, 0.2) is 79.0 Å². The fourth-order valence-electron chi connectivity index (χ4n) is 3.43. The normalized spacial score (nSPS) is 14.6. The van der Waals surface area contributed by atoms with E-state index in [4.69, 9.17) is 0 Å². The van der Waals surface area contributed by atoms with Crippen LogP contribution in [0.5, 0.6) is 0 Å². The fourth-order valence-corrected chi connectivity index (χ4v) is 3.43. The molecule has 1 N–H and O–H groups in total. The third-order valence-electron chi connectivity index (χ3n) is 5.16. The molecule has 3 nitrogen and oxygen atoms in total. The van der Waals surface area contributed by atoms with Crippen LogP contribution in [0.1, 0.15) is 29.5 Å². The Balaban J connectivity index is 1.49. The highest BCUT2D eigenvalue weighted by atomic mass is 16.2. The van der Waals surface area contributed by atoms with Gasteiger partial charge in [0.2, 0.25) is 5.91 Å². The van der Waals surface area contributed by atoms with Gasteiger partial charge in [-0.1, -0.05) is 66.7 Å². The third kappa shape index (κ3) is 3.38. The summed E-state index contributed by atoms with van der Waals surface area (Å²) in [4.78, 5) is 17.4. The quantitative estimate of drug-likeness (QED) is 0.715. The minimum Gasteiger partial charge on any atom is -0.310 e. The maximum atomic E-state index is 13.0. The Hall–Kier alpha value is -2.94. The van der Waals surface area contributed by atoms with E-state index in [0.717, 1.165) is 36.8 Å². The average molecular weight is 342 g/mol. The van der Waals surface area contributed by atoms with Gasteiger partial charge < -0.3 is 5.32 Å². The Morgan fingerprint density at radius 1 is 0.885 bits per heavy atom. The zero-order valence-electron chi connectivity index (χ0n) is 14.7. The molecule has 26 heavy (non-hydrogen) atoms. The minimum absolute atomic E-state index is 0.0587. The number of hydrogen-bond donors (Lipinski definition) is 1. The Morgan fingerprint density at radius 2 is 1.58 bits per heavy atom. The predicted molar refractivity (Wildman–Crippen MR) is 104 cm³/mol. The number of nitrogens with zero attached hydrogens (tertiary/aromatic N) is 1. The van der Waals surface area contributed by atoms with Gasteiger partial charge in [-0.25, -0.2) is 4.98 Å². The predicted octanol–water partition coefficient (Wildman–Crippen LogP) is 4.54. The molecule has 1 heterocycles. The molecule has 0 unspecified atom stereocenters. The molecule has 4 rings (SSSR count). The number of benzene rings is 2. The number of carbonyl (C=O) groups is 1. The van der Waals surface area contributed by atoms with Gasteiger partial charge in [-0.05, 0) is 48.4 Å². The van der Waals surface area contributed by atoms with Crippen molar-refractivity contribution in [2.45, 2.75) is 31.1 Å². The molecular weight excluding hydrogens is 320 g/mol. The summed E-state index contributed by atoms with van der Waals surface area (Å²) in [6, 6.07) is 24.4. The standard InChI is InChI=1S/C23H22N2O/c26-22(23(15-16-23)20-11-5-2-6-12-20)25-21-19(10-7-17-24-21)14-13-18-8-3-1-4-9-18/h1-12,17H,13-16H2,(H,24,25,26). The lowest BCUT2D eigenvalue weighted by molar-refractivity contribution is -0.118. The van der Waals surface area contributed by atoms with Gasteiger partial charge in [-0.15, -0.1) is 0 Å². The van der Waals surface area contributed by atoms with Crippen molar-refractivity contribution in [2.24, 2.45) is 0 Å². The summed E-state index contributed by atoms with van der Waals surface area (Å²) in [6.45, 7) is 0. The molecule has 0 saturated heterocycles. The van der Waals surface area contributed by atoms with Crippen molar-refractivity contribution in [2.75, 3.05) is 5.32 Å². The van der Waals surface area contributed by atoms with Gasteiger partial charge in [0.25, 0.3) is 0 Å². The first-order valence-electron chi connectivity index (χ1n) is 9.13. The van der Waals surface area contributed by atoms with Crippen LogP contribution in [0.2, 0.25) is 0 Å². The summed E-state index contributed by atoms with van der Waals surface area (Å²) in [7, 11) is 0. The summed E-state index contributed by atoms with van der Waals surface area (Å²) in [5, 5.41) is 3.10. The Labute approximate surface area is 154 Å². The molecule has 1 saturated carbocycles. The van der Waals surface area contributed by atoms with E-state index < -0.39 is 0 Å². The van der Waals surface area contributed by atoms with Crippen molar-refractivity contribution in [1.29, 1.82) is 0 Å². The van der Waals surface area contributed by atoms with Crippen molar-refractivity contribution in [3.05, 3.63) is 95.7 Å². The zero-order chi connectivity index (χ0) is 17.8. The molecule has 1 fully saturated rings. The Morgan fingerprint density at radius 3 is 2.27 bits per heavy atom. The second-order valence-corrected chi connectivity index (χ2v) is 6.90. The van der Waals surface area contributed by atoms with Crippen molar-refractivity contribution in [3.8, 4) is 0 Å². The van der Waals surface area contributed by atoms with Gasteiger partial charge in [0.1, 0.15) is 5.82 Å². The highest BCUT2D eigenvalue weighted by Gasteiger charge is 2.51. The van der Waals surface area contributed by atoms with Crippen LogP contribution < -0.4 is 5.32 Å². The first-order valence-corrected chi connectivity index (χ1v) is 9.13. The molecule has 1 amide bonds. The van der Waals surface area contributed by atoms with Crippen molar-refractivity contribution in [3.63, 3.8) is 0 Å². The van der Waals surface area contributed by atoms with Crippen LogP contribution in [-0.4, -0.2) is 10.9 Å². The van der Waals surface area contributed by atoms with Gasteiger partial charge in [0.15, 0.2) is 0 Å². The van der Waals surface area contributed by atoms with Gasteiger partial charge in [0.05, 0.1) is 5.41 Å². The molecule has 3 heteroatoms. The van der Waals surface area contributed by atoms with E-state index in [1.165, 1.54) is 5.56 Å². The Kier molecular flexibility index (Phi) is 4.53. The number of aryl methyl sites for hydroxylation is 2.